The van der Waals surface area contributed by atoms with Gasteiger partial charge in [-0.3, -0.25) is 0 Å². The van der Waals surface area contributed by atoms with Crippen LogP contribution in [0.2, 0.25) is 0 Å². The van der Waals surface area contributed by atoms with E-state index in [9.17, 15) is 0 Å². The van der Waals surface area contributed by atoms with Crippen LogP contribution in [0.5, 0.6) is 0 Å². The van der Waals surface area contributed by atoms with Crippen LogP contribution in [-0.4, -0.2) is 0 Å². The van der Waals surface area contributed by atoms with E-state index in [-0.39, 0.29) is 5.41 Å². The minimum atomic E-state index is -0.300. The molecule has 1 aliphatic carbocycles. The van der Waals surface area contributed by atoms with Crippen LogP contribution in [0.25, 0.3) is 0 Å². The summed E-state index contributed by atoms with van der Waals surface area (Å²) in [5, 5.41) is 17.6. The Hall–Kier alpha value is -1.02. The predicted molar refractivity (Wildman–Crippen MR) is 46.0 cm³/mol. The molecule has 0 radical (unpaired) electrons. The molecule has 0 bridgehead atoms. The molecule has 1 rings (SSSR count). The lowest BCUT2D eigenvalue weighted by molar-refractivity contribution is 0.349. The highest BCUT2D eigenvalue weighted by Crippen LogP contribution is 2.36. The maximum atomic E-state index is 9.00. The van der Waals surface area contributed by atoms with Crippen molar-refractivity contribution in [1.82, 2.24) is 0 Å². The fourth-order valence-electron chi connectivity index (χ4n) is 1.88. The topological polar surface area (TPSA) is 47.6 Å². The molecule has 1 aliphatic rings. The van der Waals surface area contributed by atoms with E-state index < -0.39 is 0 Å². The predicted octanol–water partition coefficient (Wildman–Crippen LogP) is 2.76. The number of nitrogens with zero attached hydrogens (tertiary/aromatic N) is 2. The van der Waals surface area contributed by atoms with Crippen LogP contribution in [0.15, 0.2) is 0 Å². The highest BCUT2D eigenvalue weighted by Gasteiger charge is 2.30. The average Bonchev–Trinajstić information content (AvgIpc) is 2.32. The lowest BCUT2D eigenvalue weighted by Gasteiger charge is -2.20. The highest BCUT2D eigenvalue weighted by atomic mass is 14.4. The van der Waals surface area contributed by atoms with Crippen molar-refractivity contribution in [2.45, 2.75) is 44.9 Å². The van der Waals surface area contributed by atoms with Crippen LogP contribution in [0, 0.1) is 28.1 Å². The molecule has 2 heteroatoms. The fourth-order valence-corrected chi connectivity index (χ4v) is 1.88. The van der Waals surface area contributed by atoms with Gasteiger partial charge >= 0.3 is 0 Å². The summed E-state index contributed by atoms with van der Waals surface area (Å²) in [5.74, 6) is 0. The van der Waals surface area contributed by atoms with Crippen molar-refractivity contribution in [3.8, 4) is 12.1 Å². The minimum Gasteiger partial charge on any atom is -0.198 e. The van der Waals surface area contributed by atoms with Gasteiger partial charge in [-0.25, -0.2) is 0 Å². The van der Waals surface area contributed by atoms with Gasteiger partial charge in [0.25, 0.3) is 0 Å². The molecule has 0 atom stereocenters. The van der Waals surface area contributed by atoms with E-state index in [0.717, 1.165) is 25.7 Å². The van der Waals surface area contributed by atoms with Crippen molar-refractivity contribution in [2.24, 2.45) is 5.41 Å². The van der Waals surface area contributed by atoms with Crippen molar-refractivity contribution in [2.75, 3.05) is 0 Å². The quantitative estimate of drug-likeness (QED) is 0.556. The molecule has 0 unspecified atom stereocenters. The standard InChI is InChI=1S/C10H14N2/c11-8-7-10(9-12)5-3-1-2-4-6-10/h1-7H2. The Bertz CT molecular complexity index is 211. The molecular weight excluding hydrogens is 148 g/mol. The largest absolute Gasteiger partial charge is 0.198 e. The summed E-state index contributed by atoms with van der Waals surface area (Å²) in [6.45, 7) is 0. The zero-order chi connectivity index (χ0) is 8.86. The molecule has 0 aromatic rings. The summed E-state index contributed by atoms with van der Waals surface area (Å²) in [6, 6.07) is 4.47. The number of hydrogen-bond donors (Lipinski definition) is 0. The number of nitriles is 2. The molecule has 2 nitrogen and oxygen atoms in total. The molecule has 0 heterocycles. The van der Waals surface area contributed by atoms with Gasteiger partial charge in [-0.15, -0.1) is 0 Å². The van der Waals surface area contributed by atoms with Crippen molar-refractivity contribution in [3.05, 3.63) is 0 Å². The SMILES string of the molecule is N#CCC1(C#N)CCCCCC1. The minimum absolute atomic E-state index is 0.300. The summed E-state index contributed by atoms with van der Waals surface area (Å²) in [5.41, 5.74) is -0.300. The van der Waals surface area contributed by atoms with Gasteiger partial charge in [0.15, 0.2) is 0 Å². The smallest absolute Gasteiger partial charge is 0.0703 e. The van der Waals surface area contributed by atoms with E-state index >= 15 is 0 Å². The first-order valence-electron chi connectivity index (χ1n) is 4.61. The van der Waals surface area contributed by atoms with Crippen molar-refractivity contribution in [1.29, 1.82) is 10.5 Å². The molecule has 0 aromatic heterocycles. The van der Waals surface area contributed by atoms with Crippen molar-refractivity contribution >= 4 is 0 Å². The molecule has 0 aromatic carbocycles. The third kappa shape index (κ3) is 1.98. The molecule has 0 saturated heterocycles. The summed E-state index contributed by atoms with van der Waals surface area (Å²) >= 11 is 0. The van der Waals surface area contributed by atoms with E-state index in [2.05, 4.69) is 12.1 Å². The van der Waals surface area contributed by atoms with Crippen molar-refractivity contribution in [3.63, 3.8) is 0 Å². The fraction of sp³-hybridized carbons (Fsp3) is 0.800. The normalized spacial score (nSPS) is 21.8. The molecule has 1 fully saturated rings. The van der Waals surface area contributed by atoms with Crippen LogP contribution in [0.1, 0.15) is 44.9 Å². The van der Waals surface area contributed by atoms with E-state index in [0.29, 0.717) is 6.42 Å². The van der Waals surface area contributed by atoms with Crippen LogP contribution in [0.3, 0.4) is 0 Å². The van der Waals surface area contributed by atoms with Gasteiger partial charge in [-0.05, 0) is 12.8 Å². The molecule has 0 amide bonds. The van der Waals surface area contributed by atoms with Gasteiger partial charge in [0.05, 0.1) is 24.0 Å². The van der Waals surface area contributed by atoms with E-state index in [4.69, 9.17) is 10.5 Å². The first-order chi connectivity index (χ1) is 5.83. The number of hydrogen-bond acceptors (Lipinski definition) is 2. The first-order valence-corrected chi connectivity index (χ1v) is 4.61. The summed E-state index contributed by atoms with van der Waals surface area (Å²) in [7, 11) is 0. The Kier molecular flexibility index (Phi) is 3.11. The second-order valence-electron chi connectivity index (χ2n) is 3.64. The van der Waals surface area contributed by atoms with E-state index in [1.807, 2.05) is 0 Å². The van der Waals surface area contributed by atoms with Gasteiger partial charge < -0.3 is 0 Å². The molecule has 64 valence electrons. The van der Waals surface area contributed by atoms with Gasteiger partial charge in [0, 0.05) is 0 Å². The molecule has 0 aliphatic heterocycles. The Morgan fingerprint density at radius 1 is 1.00 bits per heavy atom. The molecule has 0 N–H and O–H groups in total. The monoisotopic (exact) mass is 162 g/mol. The van der Waals surface area contributed by atoms with E-state index in [1.54, 1.807) is 0 Å². The zero-order valence-electron chi connectivity index (χ0n) is 7.34. The summed E-state index contributed by atoms with van der Waals surface area (Å²) in [6.07, 6.45) is 6.98. The van der Waals surface area contributed by atoms with Gasteiger partial charge in [0.2, 0.25) is 0 Å². The lowest BCUT2D eigenvalue weighted by Crippen LogP contribution is -2.16. The Balaban J connectivity index is 2.64. The molecule has 1 saturated carbocycles. The second-order valence-corrected chi connectivity index (χ2v) is 3.64. The summed E-state index contributed by atoms with van der Waals surface area (Å²) < 4.78 is 0. The van der Waals surface area contributed by atoms with Crippen molar-refractivity contribution < 1.29 is 0 Å². The maximum absolute atomic E-state index is 9.00. The van der Waals surface area contributed by atoms with Crippen LogP contribution in [0.4, 0.5) is 0 Å². The Morgan fingerprint density at radius 3 is 2.00 bits per heavy atom. The highest BCUT2D eigenvalue weighted by molar-refractivity contribution is 5.04. The van der Waals surface area contributed by atoms with Crippen LogP contribution >= 0.6 is 0 Å². The van der Waals surface area contributed by atoms with Crippen LogP contribution in [-0.2, 0) is 0 Å². The third-order valence-electron chi connectivity index (χ3n) is 2.72. The Morgan fingerprint density at radius 2 is 1.58 bits per heavy atom. The molecular formula is C10H14N2. The molecule has 12 heavy (non-hydrogen) atoms. The lowest BCUT2D eigenvalue weighted by atomic mass is 9.79. The van der Waals surface area contributed by atoms with Gasteiger partial charge in [-0.1, -0.05) is 25.7 Å². The third-order valence-corrected chi connectivity index (χ3v) is 2.72. The van der Waals surface area contributed by atoms with Gasteiger partial charge in [-0.2, -0.15) is 10.5 Å². The second kappa shape index (κ2) is 4.12. The van der Waals surface area contributed by atoms with E-state index in [1.165, 1.54) is 12.8 Å². The summed E-state index contributed by atoms with van der Waals surface area (Å²) in [4.78, 5) is 0. The first kappa shape index (κ1) is 9.07. The zero-order valence-corrected chi connectivity index (χ0v) is 7.34. The van der Waals surface area contributed by atoms with Gasteiger partial charge in [0.1, 0.15) is 0 Å². The average molecular weight is 162 g/mol. The molecule has 0 spiro atoms. The maximum Gasteiger partial charge on any atom is 0.0703 e. The van der Waals surface area contributed by atoms with Crippen LogP contribution < -0.4 is 0 Å². The number of rotatable bonds is 1. The Labute approximate surface area is 73.8 Å².